The van der Waals surface area contributed by atoms with Gasteiger partial charge in [0.15, 0.2) is 0 Å². The lowest BCUT2D eigenvalue weighted by Gasteiger charge is -2.34. The fraction of sp³-hybridized carbons (Fsp3) is 0.611. The summed E-state index contributed by atoms with van der Waals surface area (Å²) >= 11 is 0. The van der Waals surface area contributed by atoms with E-state index >= 15 is 0 Å². The Balaban J connectivity index is 1.73. The van der Waals surface area contributed by atoms with Gasteiger partial charge in [0.25, 0.3) is 0 Å². The van der Waals surface area contributed by atoms with Crippen LogP contribution in [-0.2, 0) is 11.3 Å². The molecule has 26 heavy (non-hydrogen) atoms. The first kappa shape index (κ1) is 20.0. The molecule has 8 nitrogen and oxygen atoms in total. The quantitative estimate of drug-likeness (QED) is 0.738. The molecule has 1 fully saturated rings. The van der Waals surface area contributed by atoms with Gasteiger partial charge in [0.2, 0.25) is 5.91 Å². The average Bonchev–Trinajstić information content (AvgIpc) is 2.65. The van der Waals surface area contributed by atoms with Gasteiger partial charge in [-0.2, -0.15) is 0 Å². The van der Waals surface area contributed by atoms with Crippen LogP contribution in [0, 0.1) is 0 Å². The summed E-state index contributed by atoms with van der Waals surface area (Å²) in [4.78, 5) is 34.2. The smallest absolute Gasteiger partial charge is 0.317 e. The normalized spacial score (nSPS) is 14.8. The standard InChI is InChI=1S/C18H30N6O2/c1-4-6-20-17(25)14-23-8-10-24(11-9-23)18(26)21-13-15-5-7-19-16(12-15)22(2)3/h5,7,12H,4,6,8-11,13-14H2,1-3H3,(H,20,25)(H,21,26). The van der Waals surface area contributed by atoms with Crippen molar-refractivity contribution in [2.75, 3.05) is 58.3 Å². The number of pyridine rings is 1. The second kappa shape index (κ2) is 9.96. The van der Waals surface area contributed by atoms with Crippen LogP contribution in [0.1, 0.15) is 18.9 Å². The number of rotatable bonds is 7. The molecule has 2 rings (SSSR count). The Morgan fingerprint density at radius 1 is 1.19 bits per heavy atom. The number of anilines is 1. The second-order valence-corrected chi connectivity index (χ2v) is 6.69. The second-order valence-electron chi connectivity index (χ2n) is 6.69. The molecular weight excluding hydrogens is 332 g/mol. The maximum Gasteiger partial charge on any atom is 0.317 e. The number of carbonyl (C=O) groups is 2. The summed E-state index contributed by atoms with van der Waals surface area (Å²) in [5.74, 6) is 0.922. The van der Waals surface area contributed by atoms with Gasteiger partial charge in [-0.25, -0.2) is 9.78 Å². The molecule has 3 amide bonds. The van der Waals surface area contributed by atoms with Gasteiger partial charge in [-0.15, -0.1) is 0 Å². The van der Waals surface area contributed by atoms with Crippen LogP contribution in [0.3, 0.4) is 0 Å². The van der Waals surface area contributed by atoms with Crippen molar-refractivity contribution in [1.82, 2.24) is 25.4 Å². The molecule has 0 atom stereocenters. The van der Waals surface area contributed by atoms with Gasteiger partial charge in [-0.3, -0.25) is 9.69 Å². The molecule has 8 heteroatoms. The molecule has 0 aliphatic carbocycles. The van der Waals surface area contributed by atoms with Gasteiger partial charge in [-0.1, -0.05) is 6.92 Å². The summed E-state index contributed by atoms with van der Waals surface area (Å²) in [6, 6.07) is 3.80. The van der Waals surface area contributed by atoms with Crippen molar-refractivity contribution < 1.29 is 9.59 Å². The van der Waals surface area contributed by atoms with Gasteiger partial charge in [0, 0.05) is 59.6 Å². The molecule has 0 aromatic carbocycles. The molecule has 0 radical (unpaired) electrons. The number of nitrogens with one attached hydrogen (secondary N) is 2. The van der Waals surface area contributed by atoms with E-state index in [1.165, 1.54) is 0 Å². The van der Waals surface area contributed by atoms with Crippen molar-refractivity contribution in [3.05, 3.63) is 23.9 Å². The molecule has 0 unspecified atom stereocenters. The molecule has 1 aromatic rings. The Kier molecular flexibility index (Phi) is 7.65. The minimum absolute atomic E-state index is 0.0548. The van der Waals surface area contributed by atoms with E-state index in [1.807, 2.05) is 38.1 Å². The van der Waals surface area contributed by atoms with Crippen molar-refractivity contribution >= 4 is 17.8 Å². The van der Waals surface area contributed by atoms with Crippen molar-refractivity contribution in [2.24, 2.45) is 0 Å². The zero-order valence-corrected chi connectivity index (χ0v) is 16.0. The molecule has 1 aliphatic heterocycles. The Hall–Kier alpha value is -2.35. The molecule has 1 saturated heterocycles. The van der Waals surface area contributed by atoms with Crippen LogP contribution < -0.4 is 15.5 Å². The van der Waals surface area contributed by atoms with E-state index in [0.717, 1.165) is 17.8 Å². The number of piperazine rings is 1. The zero-order valence-electron chi connectivity index (χ0n) is 16.0. The molecule has 2 heterocycles. The highest BCUT2D eigenvalue weighted by molar-refractivity contribution is 5.78. The van der Waals surface area contributed by atoms with E-state index in [4.69, 9.17) is 0 Å². The van der Waals surface area contributed by atoms with Gasteiger partial charge >= 0.3 is 6.03 Å². The van der Waals surface area contributed by atoms with E-state index in [0.29, 0.717) is 45.8 Å². The average molecular weight is 362 g/mol. The SMILES string of the molecule is CCCNC(=O)CN1CCN(C(=O)NCc2ccnc(N(C)C)c2)CC1. The molecule has 144 valence electrons. The summed E-state index contributed by atoms with van der Waals surface area (Å²) < 4.78 is 0. The summed E-state index contributed by atoms with van der Waals surface area (Å²) in [6.07, 6.45) is 2.69. The lowest BCUT2D eigenvalue weighted by atomic mass is 10.2. The van der Waals surface area contributed by atoms with Crippen LogP contribution in [0.5, 0.6) is 0 Å². The van der Waals surface area contributed by atoms with Gasteiger partial charge in [0.05, 0.1) is 6.54 Å². The zero-order chi connectivity index (χ0) is 18.9. The van der Waals surface area contributed by atoms with E-state index in [-0.39, 0.29) is 11.9 Å². The topological polar surface area (TPSA) is 80.8 Å². The molecule has 1 aliphatic rings. The molecule has 1 aromatic heterocycles. The molecule has 0 bridgehead atoms. The van der Waals surface area contributed by atoms with Crippen LogP contribution >= 0.6 is 0 Å². The van der Waals surface area contributed by atoms with Crippen LogP contribution in [0.15, 0.2) is 18.3 Å². The third kappa shape index (κ3) is 6.18. The largest absolute Gasteiger partial charge is 0.363 e. The van der Waals surface area contributed by atoms with Crippen molar-refractivity contribution in [3.63, 3.8) is 0 Å². The van der Waals surface area contributed by atoms with E-state index < -0.39 is 0 Å². The first-order valence-corrected chi connectivity index (χ1v) is 9.13. The molecule has 0 spiro atoms. The number of hydrogen-bond donors (Lipinski definition) is 2. The third-order valence-corrected chi connectivity index (χ3v) is 4.31. The fourth-order valence-electron chi connectivity index (χ4n) is 2.74. The highest BCUT2D eigenvalue weighted by atomic mass is 16.2. The van der Waals surface area contributed by atoms with Crippen LogP contribution in [0.25, 0.3) is 0 Å². The van der Waals surface area contributed by atoms with E-state index in [9.17, 15) is 9.59 Å². The minimum atomic E-state index is -0.0664. The van der Waals surface area contributed by atoms with Crippen LogP contribution in [-0.4, -0.2) is 80.1 Å². The summed E-state index contributed by atoms with van der Waals surface area (Å²) in [7, 11) is 3.87. The van der Waals surface area contributed by atoms with Crippen molar-refractivity contribution in [3.8, 4) is 0 Å². The monoisotopic (exact) mass is 362 g/mol. The summed E-state index contributed by atoms with van der Waals surface area (Å²) in [6.45, 7) is 6.32. The molecule has 2 N–H and O–H groups in total. The maximum atomic E-state index is 12.4. The number of nitrogens with zero attached hydrogens (tertiary/aromatic N) is 4. The number of aromatic nitrogens is 1. The number of carbonyl (C=O) groups excluding carboxylic acids is 2. The van der Waals surface area contributed by atoms with Crippen molar-refractivity contribution in [1.29, 1.82) is 0 Å². The van der Waals surface area contributed by atoms with Gasteiger partial charge in [-0.05, 0) is 24.1 Å². The predicted octanol–water partition coefficient (Wildman–Crippen LogP) is 0.501. The fourth-order valence-corrected chi connectivity index (χ4v) is 2.74. The van der Waals surface area contributed by atoms with E-state index in [1.54, 1.807) is 11.1 Å². The van der Waals surface area contributed by atoms with Gasteiger partial charge in [0.1, 0.15) is 5.82 Å². The maximum absolute atomic E-state index is 12.4. The Morgan fingerprint density at radius 2 is 1.92 bits per heavy atom. The number of hydrogen-bond acceptors (Lipinski definition) is 5. The first-order valence-electron chi connectivity index (χ1n) is 9.13. The number of amides is 3. The predicted molar refractivity (Wildman–Crippen MR) is 102 cm³/mol. The minimum Gasteiger partial charge on any atom is -0.363 e. The summed E-state index contributed by atoms with van der Waals surface area (Å²) in [5.41, 5.74) is 1.02. The van der Waals surface area contributed by atoms with Gasteiger partial charge < -0.3 is 20.4 Å². The van der Waals surface area contributed by atoms with E-state index in [2.05, 4.69) is 20.5 Å². The highest BCUT2D eigenvalue weighted by Crippen LogP contribution is 2.09. The third-order valence-electron chi connectivity index (χ3n) is 4.31. The summed E-state index contributed by atoms with van der Waals surface area (Å²) in [5, 5.41) is 5.84. The number of urea groups is 1. The Morgan fingerprint density at radius 3 is 2.58 bits per heavy atom. The lowest BCUT2D eigenvalue weighted by Crippen LogP contribution is -2.53. The molecular formula is C18H30N6O2. The van der Waals surface area contributed by atoms with Crippen LogP contribution in [0.2, 0.25) is 0 Å². The Bertz CT molecular complexity index is 599. The van der Waals surface area contributed by atoms with Crippen molar-refractivity contribution in [2.45, 2.75) is 19.9 Å². The molecule has 0 saturated carbocycles. The van der Waals surface area contributed by atoms with Crippen LogP contribution in [0.4, 0.5) is 10.6 Å². The lowest BCUT2D eigenvalue weighted by molar-refractivity contribution is -0.122. The highest BCUT2D eigenvalue weighted by Gasteiger charge is 2.22. The first-order chi connectivity index (χ1) is 12.5. The Labute approximate surface area is 155 Å².